The second kappa shape index (κ2) is 7.92. The number of piperidine rings is 1. The van der Waals surface area contributed by atoms with Gasteiger partial charge in [-0.1, -0.05) is 48.5 Å². The first-order valence-electron chi connectivity index (χ1n) is 9.17. The average Bonchev–Trinajstić information content (AvgIpc) is 2.73. The van der Waals surface area contributed by atoms with Crippen molar-refractivity contribution in [3.63, 3.8) is 0 Å². The summed E-state index contributed by atoms with van der Waals surface area (Å²) >= 11 is 1.64. The van der Waals surface area contributed by atoms with E-state index in [1.807, 2.05) is 53.6 Å². The van der Waals surface area contributed by atoms with Crippen molar-refractivity contribution in [3.05, 3.63) is 72.4 Å². The van der Waals surface area contributed by atoms with Gasteiger partial charge in [-0.15, -0.1) is 11.8 Å². The van der Waals surface area contributed by atoms with Gasteiger partial charge in [0.1, 0.15) is 5.25 Å². The third kappa shape index (κ3) is 3.61. The number of nitrogens with zero attached hydrogens (tertiary/aromatic N) is 2. The van der Waals surface area contributed by atoms with Gasteiger partial charge in [0.25, 0.3) is 0 Å². The Bertz CT molecular complexity index is 886. The quantitative estimate of drug-likeness (QED) is 0.607. The lowest BCUT2D eigenvalue weighted by Crippen LogP contribution is -2.38. The predicted octanol–water partition coefficient (Wildman–Crippen LogP) is 5.08. The SMILES string of the molecule is O=C(C(Sc1ccnc2ccccc12)c1ccccc1)N1CCCCC1. The van der Waals surface area contributed by atoms with Gasteiger partial charge in [0, 0.05) is 29.6 Å². The molecule has 1 fully saturated rings. The fourth-order valence-corrected chi connectivity index (χ4v) is 4.70. The molecule has 0 aliphatic carbocycles. The third-order valence-corrected chi connectivity index (χ3v) is 6.17. The highest BCUT2D eigenvalue weighted by Crippen LogP contribution is 2.39. The number of carbonyl (C=O) groups excluding carboxylic acids is 1. The van der Waals surface area contributed by atoms with Crippen molar-refractivity contribution in [3.8, 4) is 0 Å². The molecule has 1 aliphatic heterocycles. The van der Waals surface area contributed by atoms with E-state index in [0.29, 0.717) is 0 Å². The van der Waals surface area contributed by atoms with E-state index >= 15 is 0 Å². The summed E-state index contributed by atoms with van der Waals surface area (Å²) in [4.78, 5) is 20.9. The van der Waals surface area contributed by atoms with E-state index in [1.165, 1.54) is 6.42 Å². The highest BCUT2D eigenvalue weighted by atomic mass is 32.2. The summed E-state index contributed by atoms with van der Waals surface area (Å²) in [5.41, 5.74) is 2.03. The van der Waals surface area contributed by atoms with Crippen LogP contribution in [0.25, 0.3) is 10.9 Å². The van der Waals surface area contributed by atoms with Crippen LogP contribution in [0.5, 0.6) is 0 Å². The highest BCUT2D eigenvalue weighted by Gasteiger charge is 2.28. The van der Waals surface area contributed by atoms with Crippen LogP contribution in [0.15, 0.2) is 71.8 Å². The standard InChI is InChI=1S/C22H22N2OS/c25-22(24-15-7-2-8-16-24)21(17-9-3-1-4-10-17)26-20-13-14-23-19-12-6-5-11-18(19)20/h1,3-6,9-14,21H,2,7-8,15-16H2. The van der Waals surface area contributed by atoms with Gasteiger partial charge in [0.2, 0.25) is 5.91 Å². The van der Waals surface area contributed by atoms with Crippen LogP contribution in [0.3, 0.4) is 0 Å². The van der Waals surface area contributed by atoms with Crippen molar-refractivity contribution in [1.29, 1.82) is 0 Å². The van der Waals surface area contributed by atoms with Crippen LogP contribution in [0, 0.1) is 0 Å². The summed E-state index contributed by atoms with van der Waals surface area (Å²) in [5, 5.41) is 0.882. The Balaban J connectivity index is 1.69. The fourth-order valence-electron chi connectivity index (χ4n) is 3.47. The lowest BCUT2D eigenvalue weighted by atomic mass is 10.1. The van der Waals surface area contributed by atoms with Gasteiger partial charge in [-0.2, -0.15) is 0 Å². The van der Waals surface area contributed by atoms with Crippen LogP contribution in [0.2, 0.25) is 0 Å². The minimum atomic E-state index is -0.222. The minimum Gasteiger partial charge on any atom is -0.341 e. The van der Waals surface area contributed by atoms with E-state index in [0.717, 1.165) is 47.3 Å². The van der Waals surface area contributed by atoms with Crippen LogP contribution in [-0.2, 0) is 4.79 Å². The molecule has 3 aromatic rings. The number of aromatic nitrogens is 1. The monoisotopic (exact) mass is 362 g/mol. The van der Waals surface area contributed by atoms with Crippen LogP contribution in [-0.4, -0.2) is 28.9 Å². The Labute approximate surface area is 158 Å². The van der Waals surface area contributed by atoms with E-state index < -0.39 is 0 Å². The number of hydrogen-bond acceptors (Lipinski definition) is 3. The van der Waals surface area contributed by atoms with E-state index in [-0.39, 0.29) is 11.2 Å². The molecular formula is C22H22N2OS. The number of amides is 1. The summed E-state index contributed by atoms with van der Waals surface area (Å²) < 4.78 is 0. The first-order chi connectivity index (χ1) is 12.8. The smallest absolute Gasteiger partial charge is 0.240 e. The molecule has 1 atom stereocenters. The molecule has 3 nitrogen and oxygen atoms in total. The maximum atomic E-state index is 13.3. The Morgan fingerprint density at radius 3 is 2.46 bits per heavy atom. The van der Waals surface area contributed by atoms with Gasteiger partial charge in [0.05, 0.1) is 5.52 Å². The highest BCUT2D eigenvalue weighted by molar-refractivity contribution is 8.00. The number of rotatable bonds is 4. The van der Waals surface area contributed by atoms with Crippen molar-refractivity contribution in [2.45, 2.75) is 29.4 Å². The van der Waals surface area contributed by atoms with Crippen molar-refractivity contribution >= 4 is 28.6 Å². The first-order valence-corrected chi connectivity index (χ1v) is 10.0. The van der Waals surface area contributed by atoms with E-state index in [4.69, 9.17) is 0 Å². The maximum absolute atomic E-state index is 13.3. The molecule has 0 bridgehead atoms. The molecule has 0 spiro atoms. The van der Waals surface area contributed by atoms with E-state index in [2.05, 4.69) is 23.2 Å². The summed E-state index contributed by atoms with van der Waals surface area (Å²) in [6.07, 6.45) is 5.27. The first kappa shape index (κ1) is 17.1. The number of likely N-dealkylation sites (tertiary alicyclic amines) is 1. The van der Waals surface area contributed by atoms with Crippen molar-refractivity contribution in [2.24, 2.45) is 0 Å². The van der Waals surface area contributed by atoms with Gasteiger partial charge >= 0.3 is 0 Å². The second-order valence-electron chi connectivity index (χ2n) is 6.62. The molecule has 0 saturated carbocycles. The summed E-state index contributed by atoms with van der Waals surface area (Å²) in [7, 11) is 0. The molecule has 4 rings (SSSR count). The molecule has 26 heavy (non-hydrogen) atoms. The average molecular weight is 362 g/mol. The number of thioether (sulfide) groups is 1. The molecule has 0 N–H and O–H groups in total. The molecule has 1 unspecified atom stereocenters. The second-order valence-corrected chi connectivity index (χ2v) is 7.77. The normalized spacial score (nSPS) is 15.8. The zero-order chi connectivity index (χ0) is 17.8. The van der Waals surface area contributed by atoms with Gasteiger partial charge in [0.15, 0.2) is 0 Å². The Kier molecular flexibility index (Phi) is 5.21. The third-order valence-electron chi connectivity index (χ3n) is 4.85. The maximum Gasteiger partial charge on any atom is 0.240 e. The zero-order valence-corrected chi connectivity index (χ0v) is 15.5. The van der Waals surface area contributed by atoms with E-state index in [9.17, 15) is 4.79 Å². The summed E-state index contributed by atoms with van der Waals surface area (Å²) in [6.45, 7) is 1.75. The molecule has 2 heterocycles. The van der Waals surface area contributed by atoms with Crippen LogP contribution in [0.1, 0.15) is 30.1 Å². The molecule has 1 amide bonds. The number of fused-ring (bicyclic) bond motifs is 1. The van der Waals surface area contributed by atoms with Gasteiger partial charge in [-0.05, 0) is 37.0 Å². The number of para-hydroxylation sites is 1. The molecule has 4 heteroatoms. The topological polar surface area (TPSA) is 33.2 Å². The van der Waals surface area contributed by atoms with Gasteiger partial charge in [-0.3, -0.25) is 9.78 Å². The molecule has 1 saturated heterocycles. The number of hydrogen-bond donors (Lipinski definition) is 0. The number of benzene rings is 2. The van der Waals surface area contributed by atoms with Crippen molar-refractivity contribution < 1.29 is 4.79 Å². The zero-order valence-electron chi connectivity index (χ0n) is 14.7. The molecule has 2 aromatic carbocycles. The van der Waals surface area contributed by atoms with Crippen LogP contribution in [0.4, 0.5) is 0 Å². The molecule has 1 aliphatic rings. The van der Waals surface area contributed by atoms with Crippen molar-refractivity contribution in [2.75, 3.05) is 13.1 Å². The van der Waals surface area contributed by atoms with E-state index in [1.54, 1.807) is 11.8 Å². The summed E-state index contributed by atoms with van der Waals surface area (Å²) in [6, 6.07) is 20.3. The molecule has 1 aromatic heterocycles. The lowest BCUT2D eigenvalue weighted by Gasteiger charge is -2.30. The Morgan fingerprint density at radius 2 is 1.65 bits per heavy atom. The Hall–Kier alpha value is -2.33. The molecular weight excluding hydrogens is 340 g/mol. The Morgan fingerprint density at radius 1 is 0.923 bits per heavy atom. The van der Waals surface area contributed by atoms with Crippen LogP contribution >= 0.6 is 11.8 Å². The fraction of sp³-hybridized carbons (Fsp3) is 0.273. The van der Waals surface area contributed by atoms with Crippen molar-refractivity contribution in [1.82, 2.24) is 9.88 Å². The lowest BCUT2D eigenvalue weighted by molar-refractivity contribution is -0.131. The molecule has 0 radical (unpaired) electrons. The largest absolute Gasteiger partial charge is 0.341 e. The minimum absolute atomic E-state index is 0.222. The number of carbonyl (C=O) groups is 1. The molecule has 132 valence electrons. The predicted molar refractivity (Wildman–Crippen MR) is 107 cm³/mol. The van der Waals surface area contributed by atoms with Gasteiger partial charge in [-0.25, -0.2) is 0 Å². The van der Waals surface area contributed by atoms with Crippen LogP contribution < -0.4 is 0 Å². The number of pyridine rings is 1. The summed E-state index contributed by atoms with van der Waals surface area (Å²) in [5.74, 6) is 0.224. The van der Waals surface area contributed by atoms with Gasteiger partial charge < -0.3 is 4.90 Å².